The molecule has 148 valence electrons. The molecular weight excluding hydrogens is 384 g/mol. The Morgan fingerprint density at radius 2 is 1.79 bits per heavy atom. The fourth-order valence-electron chi connectivity index (χ4n) is 4.30. The molecule has 2 aliphatic rings. The molecule has 1 unspecified atom stereocenters. The number of aryl methyl sites for hydroxylation is 1. The van der Waals surface area contributed by atoms with E-state index in [0.29, 0.717) is 17.0 Å². The van der Waals surface area contributed by atoms with Crippen molar-refractivity contribution in [2.45, 2.75) is 39.0 Å². The van der Waals surface area contributed by atoms with Crippen molar-refractivity contribution in [3.63, 3.8) is 0 Å². The van der Waals surface area contributed by atoms with Crippen LogP contribution in [0.1, 0.15) is 43.2 Å². The zero-order chi connectivity index (χ0) is 20.5. The number of carbonyl (C=O) groups is 2. The number of nitrogens with zero attached hydrogens (tertiary/aromatic N) is 1. The monoisotopic (exact) mass is 406 g/mol. The number of para-hydroxylation sites is 1. The van der Waals surface area contributed by atoms with Gasteiger partial charge in [-0.2, -0.15) is 0 Å². The number of hydrogen-bond acceptors (Lipinski definition) is 3. The van der Waals surface area contributed by atoms with Gasteiger partial charge in [-0.15, -0.1) is 0 Å². The van der Waals surface area contributed by atoms with Crippen LogP contribution in [0.5, 0.6) is 0 Å². The first-order chi connectivity index (χ1) is 14.0. The van der Waals surface area contributed by atoms with Crippen molar-refractivity contribution in [2.24, 2.45) is 10.9 Å². The minimum Gasteiger partial charge on any atom is -0.325 e. The number of rotatable bonds is 3. The van der Waals surface area contributed by atoms with E-state index >= 15 is 0 Å². The second-order valence-corrected chi connectivity index (χ2v) is 8.14. The quantitative estimate of drug-likeness (QED) is 0.734. The second-order valence-electron chi connectivity index (χ2n) is 7.70. The van der Waals surface area contributed by atoms with Crippen LogP contribution in [0.25, 0.3) is 0 Å². The van der Waals surface area contributed by atoms with E-state index in [2.05, 4.69) is 5.32 Å². The van der Waals surface area contributed by atoms with Crippen molar-refractivity contribution in [2.75, 3.05) is 5.32 Å². The number of hydrogen-bond donors (Lipinski definition) is 1. The molecule has 0 saturated heterocycles. The average Bonchev–Trinajstić information content (AvgIpc) is 2.69. The lowest BCUT2D eigenvalue weighted by Crippen LogP contribution is -2.39. The largest absolute Gasteiger partial charge is 0.325 e. The Labute approximate surface area is 175 Å². The van der Waals surface area contributed by atoms with Crippen LogP contribution < -0.4 is 5.32 Å². The molecule has 2 aromatic rings. The Morgan fingerprint density at radius 1 is 1.07 bits per heavy atom. The zero-order valence-electron chi connectivity index (χ0n) is 16.5. The molecule has 0 aromatic heterocycles. The zero-order valence-corrected chi connectivity index (χ0v) is 17.3. The van der Waals surface area contributed by atoms with E-state index in [4.69, 9.17) is 16.6 Å². The van der Waals surface area contributed by atoms with Gasteiger partial charge >= 0.3 is 0 Å². The number of ketones is 1. The second kappa shape index (κ2) is 7.96. The van der Waals surface area contributed by atoms with Crippen LogP contribution >= 0.6 is 11.6 Å². The van der Waals surface area contributed by atoms with Gasteiger partial charge in [0, 0.05) is 40.0 Å². The van der Waals surface area contributed by atoms with Crippen LogP contribution in [0.15, 0.2) is 64.8 Å². The number of Topliss-reactive ketones (excluding diaryl/α,β-unsaturated/α-hetero) is 1. The van der Waals surface area contributed by atoms with Gasteiger partial charge in [-0.3, -0.25) is 14.6 Å². The highest BCUT2D eigenvalue weighted by Crippen LogP contribution is 2.43. The molecule has 0 radical (unpaired) electrons. The summed E-state index contributed by atoms with van der Waals surface area (Å²) in [7, 11) is 0. The van der Waals surface area contributed by atoms with Gasteiger partial charge in [-0.05, 0) is 56.0 Å². The number of carbonyl (C=O) groups excluding carboxylic acids is 2. The van der Waals surface area contributed by atoms with Gasteiger partial charge in [0.1, 0.15) is 0 Å². The number of benzene rings is 2. The summed E-state index contributed by atoms with van der Waals surface area (Å²) in [6.45, 7) is 3.84. The summed E-state index contributed by atoms with van der Waals surface area (Å²) >= 11 is 6.09. The van der Waals surface area contributed by atoms with Crippen LogP contribution in [-0.2, 0) is 9.59 Å². The Balaban J connectivity index is 1.78. The lowest BCUT2D eigenvalue weighted by Gasteiger charge is -2.35. The van der Waals surface area contributed by atoms with Crippen molar-refractivity contribution in [1.82, 2.24) is 0 Å². The molecule has 1 heterocycles. The molecule has 0 spiro atoms. The topological polar surface area (TPSA) is 58.5 Å². The summed E-state index contributed by atoms with van der Waals surface area (Å²) in [5, 5.41) is 3.68. The molecule has 2 atom stereocenters. The van der Waals surface area contributed by atoms with Crippen molar-refractivity contribution in [3.8, 4) is 0 Å². The minimum absolute atomic E-state index is 0.0936. The fraction of sp³-hybridized carbons (Fsp3) is 0.292. The summed E-state index contributed by atoms with van der Waals surface area (Å²) in [6.07, 6.45) is 2.08. The summed E-state index contributed by atoms with van der Waals surface area (Å²) < 4.78 is 0. The molecule has 1 aliphatic carbocycles. The third-order valence-electron chi connectivity index (χ3n) is 5.75. The first-order valence-electron chi connectivity index (χ1n) is 9.89. The van der Waals surface area contributed by atoms with Gasteiger partial charge in [-0.25, -0.2) is 0 Å². The third-order valence-corrected chi connectivity index (χ3v) is 6.00. The molecule has 0 fully saturated rings. The normalized spacial score (nSPS) is 21.5. The molecule has 5 heteroatoms. The van der Waals surface area contributed by atoms with Crippen molar-refractivity contribution in [3.05, 3.63) is 76.0 Å². The first-order valence-corrected chi connectivity index (χ1v) is 10.3. The van der Waals surface area contributed by atoms with Gasteiger partial charge < -0.3 is 5.32 Å². The number of nitrogens with one attached hydrogen (secondary N) is 1. The molecular formula is C24H23ClN2O2. The lowest BCUT2D eigenvalue weighted by atomic mass is 9.71. The van der Waals surface area contributed by atoms with Crippen LogP contribution in [0.2, 0.25) is 5.02 Å². The van der Waals surface area contributed by atoms with Crippen molar-refractivity contribution < 1.29 is 9.59 Å². The molecule has 1 N–H and O–H groups in total. The van der Waals surface area contributed by atoms with E-state index in [9.17, 15) is 9.59 Å². The average molecular weight is 407 g/mol. The van der Waals surface area contributed by atoms with Gasteiger partial charge in [0.05, 0.1) is 5.92 Å². The van der Waals surface area contributed by atoms with E-state index in [-0.39, 0.29) is 17.6 Å². The maximum Gasteiger partial charge on any atom is 0.234 e. The first kappa shape index (κ1) is 19.6. The molecule has 1 aliphatic heterocycles. The number of aliphatic imine (C=N–C) groups is 1. The van der Waals surface area contributed by atoms with E-state index in [1.54, 1.807) is 0 Å². The van der Waals surface area contributed by atoms with Crippen molar-refractivity contribution >= 4 is 34.7 Å². The Bertz CT molecular complexity index is 1040. The van der Waals surface area contributed by atoms with Crippen molar-refractivity contribution in [1.29, 1.82) is 0 Å². The Morgan fingerprint density at radius 3 is 2.52 bits per heavy atom. The van der Waals surface area contributed by atoms with Crippen LogP contribution in [-0.4, -0.2) is 17.4 Å². The van der Waals surface area contributed by atoms with Crippen LogP contribution in [0, 0.1) is 12.8 Å². The molecule has 0 saturated carbocycles. The molecule has 0 bridgehead atoms. The molecule has 4 rings (SSSR count). The Hall–Kier alpha value is -2.72. The van der Waals surface area contributed by atoms with Gasteiger partial charge in [-0.1, -0.05) is 41.9 Å². The highest BCUT2D eigenvalue weighted by atomic mass is 35.5. The maximum atomic E-state index is 13.4. The maximum absolute atomic E-state index is 13.4. The molecule has 1 amide bonds. The standard InChI is InChI=1S/C24H23ClN2O2/c1-14-6-3-4-7-18(14)27-24(29)21-15(2)26-19-8-5-9-20(28)23(19)22(21)16-10-12-17(25)13-11-16/h3-4,6-7,10-13,21-22H,5,8-9H2,1-2H3,(H,27,29)/t21?,22-/m1/s1. The summed E-state index contributed by atoms with van der Waals surface area (Å²) in [5.74, 6) is -0.949. The summed E-state index contributed by atoms with van der Waals surface area (Å²) in [4.78, 5) is 31.0. The molecule has 2 aromatic carbocycles. The highest BCUT2D eigenvalue weighted by molar-refractivity contribution is 6.30. The van der Waals surface area contributed by atoms with Gasteiger partial charge in [0.25, 0.3) is 0 Å². The van der Waals surface area contributed by atoms with E-state index in [1.165, 1.54) is 0 Å². The lowest BCUT2D eigenvalue weighted by molar-refractivity contribution is -0.119. The smallest absolute Gasteiger partial charge is 0.234 e. The highest BCUT2D eigenvalue weighted by Gasteiger charge is 2.42. The molecule has 4 nitrogen and oxygen atoms in total. The number of anilines is 1. The predicted molar refractivity (Wildman–Crippen MR) is 116 cm³/mol. The minimum atomic E-state index is -0.545. The fourth-order valence-corrected chi connectivity index (χ4v) is 4.43. The predicted octanol–water partition coefficient (Wildman–Crippen LogP) is 5.47. The van der Waals surface area contributed by atoms with Crippen LogP contribution in [0.3, 0.4) is 0 Å². The summed E-state index contributed by atoms with van der Waals surface area (Å²) in [6, 6.07) is 15.1. The van der Waals surface area contributed by atoms with Gasteiger partial charge in [0.2, 0.25) is 5.91 Å². The van der Waals surface area contributed by atoms with Crippen LogP contribution in [0.4, 0.5) is 5.69 Å². The molecule has 29 heavy (non-hydrogen) atoms. The van der Waals surface area contributed by atoms with Gasteiger partial charge in [0.15, 0.2) is 5.78 Å². The SMILES string of the molecule is CC1=NC2=C(C(=O)CCC2)[C@H](c2ccc(Cl)cc2)C1C(=O)Nc1ccccc1C. The van der Waals surface area contributed by atoms with E-state index < -0.39 is 5.92 Å². The number of amides is 1. The number of halogens is 1. The van der Waals surface area contributed by atoms with E-state index in [0.717, 1.165) is 41.1 Å². The summed E-state index contributed by atoms with van der Waals surface area (Å²) in [5.41, 5.74) is 4.94. The van der Waals surface area contributed by atoms with E-state index in [1.807, 2.05) is 62.4 Å². The third kappa shape index (κ3) is 3.77. The number of allylic oxidation sites excluding steroid dienone is 2. The Kier molecular flexibility index (Phi) is 5.37.